The van der Waals surface area contributed by atoms with Gasteiger partial charge in [0.25, 0.3) is 5.91 Å². The van der Waals surface area contributed by atoms with Gasteiger partial charge in [0.05, 0.1) is 30.1 Å². The number of pyridine rings is 1. The first-order valence-electron chi connectivity index (χ1n) is 10.8. The van der Waals surface area contributed by atoms with Crippen LogP contribution in [0.25, 0.3) is 0 Å². The highest BCUT2D eigenvalue weighted by Crippen LogP contribution is 2.35. The number of alkyl halides is 3. The van der Waals surface area contributed by atoms with Crippen molar-refractivity contribution < 1.29 is 32.6 Å². The number of carbonyl (C=O) groups excluding carboxylic acids is 1. The van der Waals surface area contributed by atoms with Crippen LogP contribution in [0.2, 0.25) is 0 Å². The van der Waals surface area contributed by atoms with Crippen molar-refractivity contribution in [3.8, 4) is 0 Å². The first kappa shape index (κ1) is 24.7. The molecule has 2 aromatic heterocycles. The standard InChI is InChI=1S/C20H26N4O2.C2HF3O2/c1-3-26-13-18-19-16(11-22-24(19)12-15-5-6-15)8-9-23(18)20(25)17-7-4-14(2)21-10-17;3-2(4,5)1(6)7/h4,7,10-11,15,18H,3,5-6,8-9,12-13H2,1-2H3;(H,6,7). The molecule has 2 aromatic rings. The van der Waals surface area contributed by atoms with E-state index in [-0.39, 0.29) is 11.9 Å². The lowest BCUT2D eigenvalue weighted by Crippen LogP contribution is -2.43. The van der Waals surface area contributed by atoms with E-state index >= 15 is 0 Å². The number of carboxylic acid groups (broad SMARTS) is 1. The topological polar surface area (TPSA) is 97.5 Å². The van der Waals surface area contributed by atoms with E-state index in [1.54, 1.807) is 6.20 Å². The van der Waals surface area contributed by atoms with Crippen LogP contribution >= 0.6 is 0 Å². The number of nitrogens with zero attached hydrogens (tertiary/aromatic N) is 4. The summed E-state index contributed by atoms with van der Waals surface area (Å²) >= 11 is 0. The van der Waals surface area contributed by atoms with Crippen LogP contribution in [0, 0.1) is 12.8 Å². The summed E-state index contributed by atoms with van der Waals surface area (Å²) in [5.74, 6) is -2.00. The van der Waals surface area contributed by atoms with E-state index in [9.17, 15) is 18.0 Å². The third-order valence-electron chi connectivity index (χ3n) is 5.54. The molecular weight excluding hydrogens is 441 g/mol. The van der Waals surface area contributed by atoms with Gasteiger partial charge in [0, 0.05) is 31.6 Å². The van der Waals surface area contributed by atoms with Crippen LogP contribution in [0.1, 0.15) is 53.1 Å². The van der Waals surface area contributed by atoms with Crippen molar-refractivity contribution in [3.63, 3.8) is 0 Å². The van der Waals surface area contributed by atoms with Crippen LogP contribution in [0.4, 0.5) is 13.2 Å². The van der Waals surface area contributed by atoms with Gasteiger partial charge in [-0.3, -0.25) is 14.5 Å². The molecule has 1 amide bonds. The van der Waals surface area contributed by atoms with Crippen LogP contribution < -0.4 is 0 Å². The summed E-state index contributed by atoms with van der Waals surface area (Å²) in [5, 5.41) is 11.8. The van der Waals surface area contributed by atoms with E-state index < -0.39 is 12.1 Å². The van der Waals surface area contributed by atoms with Crippen molar-refractivity contribution in [2.75, 3.05) is 19.8 Å². The highest BCUT2D eigenvalue weighted by molar-refractivity contribution is 5.94. The Bertz CT molecular complexity index is 971. The number of carboxylic acids is 1. The van der Waals surface area contributed by atoms with Crippen molar-refractivity contribution in [1.29, 1.82) is 0 Å². The number of amides is 1. The van der Waals surface area contributed by atoms with E-state index in [4.69, 9.17) is 14.6 Å². The summed E-state index contributed by atoms with van der Waals surface area (Å²) in [6, 6.07) is 3.66. The molecule has 1 aliphatic heterocycles. The van der Waals surface area contributed by atoms with Gasteiger partial charge in [-0.2, -0.15) is 18.3 Å². The fraction of sp³-hybridized carbons (Fsp3) is 0.545. The minimum Gasteiger partial charge on any atom is -0.475 e. The van der Waals surface area contributed by atoms with E-state index in [0.717, 1.165) is 30.3 Å². The lowest BCUT2D eigenvalue weighted by Gasteiger charge is -2.36. The summed E-state index contributed by atoms with van der Waals surface area (Å²) in [5.41, 5.74) is 3.95. The molecule has 0 saturated heterocycles. The highest BCUT2D eigenvalue weighted by atomic mass is 19.4. The maximum absolute atomic E-state index is 13.2. The first-order valence-corrected chi connectivity index (χ1v) is 10.8. The molecule has 1 aliphatic carbocycles. The predicted octanol–water partition coefficient (Wildman–Crippen LogP) is 3.41. The number of halogens is 3. The van der Waals surface area contributed by atoms with Gasteiger partial charge in [0.2, 0.25) is 0 Å². The Morgan fingerprint density at radius 3 is 2.48 bits per heavy atom. The smallest absolute Gasteiger partial charge is 0.475 e. The monoisotopic (exact) mass is 468 g/mol. The Labute approximate surface area is 189 Å². The zero-order valence-electron chi connectivity index (χ0n) is 18.5. The molecule has 3 heterocycles. The number of ether oxygens (including phenoxy) is 1. The zero-order chi connectivity index (χ0) is 24.2. The largest absolute Gasteiger partial charge is 0.490 e. The number of aryl methyl sites for hydroxylation is 1. The molecule has 0 spiro atoms. The number of aromatic nitrogens is 3. The molecule has 1 N–H and O–H groups in total. The van der Waals surface area contributed by atoms with Crippen LogP contribution in [0.3, 0.4) is 0 Å². The second-order valence-electron chi connectivity index (χ2n) is 8.10. The molecule has 180 valence electrons. The Balaban J connectivity index is 0.000000383. The van der Waals surface area contributed by atoms with E-state index in [2.05, 4.69) is 14.8 Å². The number of fused-ring (bicyclic) bond motifs is 1. The molecule has 0 bridgehead atoms. The number of hydrogen-bond acceptors (Lipinski definition) is 5. The SMILES string of the molecule is CCOCC1c2c(cnn2CC2CC2)CCN1C(=O)c1ccc(C)nc1.O=C(O)C(F)(F)F. The summed E-state index contributed by atoms with van der Waals surface area (Å²) < 4.78 is 39.6. The van der Waals surface area contributed by atoms with Crippen LogP contribution in [0.5, 0.6) is 0 Å². The Kier molecular flexibility index (Phi) is 7.72. The van der Waals surface area contributed by atoms with Gasteiger partial charge >= 0.3 is 12.1 Å². The van der Waals surface area contributed by atoms with Crippen molar-refractivity contribution in [2.24, 2.45) is 5.92 Å². The molecule has 1 unspecified atom stereocenters. The van der Waals surface area contributed by atoms with Gasteiger partial charge in [-0.05, 0) is 56.7 Å². The quantitative estimate of drug-likeness (QED) is 0.698. The molecule has 11 heteroatoms. The van der Waals surface area contributed by atoms with Crippen LogP contribution in [0.15, 0.2) is 24.5 Å². The Morgan fingerprint density at radius 2 is 1.94 bits per heavy atom. The van der Waals surface area contributed by atoms with Gasteiger partial charge in [-0.15, -0.1) is 0 Å². The lowest BCUT2D eigenvalue weighted by atomic mass is 9.99. The van der Waals surface area contributed by atoms with Gasteiger partial charge in [0.15, 0.2) is 0 Å². The third kappa shape index (κ3) is 6.31. The maximum Gasteiger partial charge on any atom is 0.490 e. The fourth-order valence-electron chi connectivity index (χ4n) is 3.65. The average molecular weight is 468 g/mol. The van der Waals surface area contributed by atoms with Crippen LogP contribution in [-0.4, -0.2) is 62.6 Å². The fourth-order valence-corrected chi connectivity index (χ4v) is 3.65. The van der Waals surface area contributed by atoms with E-state index in [0.29, 0.717) is 25.3 Å². The first-order chi connectivity index (χ1) is 15.6. The summed E-state index contributed by atoms with van der Waals surface area (Å²) in [6.07, 6.45) is 1.97. The van der Waals surface area contributed by atoms with Gasteiger partial charge in [-0.25, -0.2) is 4.79 Å². The molecule has 1 atom stereocenters. The minimum absolute atomic E-state index is 0.0204. The molecule has 2 aliphatic rings. The third-order valence-corrected chi connectivity index (χ3v) is 5.54. The van der Waals surface area contributed by atoms with Crippen molar-refractivity contribution in [2.45, 2.75) is 51.9 Å². The second kappa shape index (κ2) is 10.3. The van der Waals surface area contributed by atoms with E-state index in [1.165, 1.54) is 18.4 Å². The predicted molar refractivity (Wildman–Crippen MR) is 112 cm³/mol. The van der Waals surface area contributed by atoms with Crippen molar-refractivity contribution in [1.82, 2.24) is 19.7 Å². The number of carbonyl (C=O) groups is 2. The van der Waals surface area contributed by atoms with Gasteiger partial charge in [0.1, 0.15) is 0 Å². The van der Waals surface area contributed by atoms with E-state index in [1.807, 2.05) is 37.1 Å². The average Bonchev–Trinajstić information content (AvgIpc) is 3.50. The maximum atomic E-state index is 13.2. The number of rotatable bonds is 6. The summed E-state index contributed by atoms with van der Waals surface area (Å²) in [4.78, 5) is 28.3. The van der Waals surface area contributed by atoms with Crippen molar-refractivity contribution in [3.05, 3.63) is 47.0 Å². The molecule has 8 nitrogen and oxygen atoms in total. The number of aliphatic carboxylic acids is 1. The molecule has 1 fully saturated rings. The van der Waals surface area contributed by atoms with Gasteiger partial charge < -0.3 is 14.7 Å². The van der Waals surface area contributed by atoms with Crippen LogP contribution in [-0.2, 0) is 22.5 Å². The molecule has 4 rings (SSSR count). The summed E-state index contributed by atoms with van der Waals surface area (Å²) in [6.45, 7) is 6.69. The zero-order valence-corrected chi connectivity index (χ0v) is 18.5. The second-order valence-corrected chi connectivity index (χ2v) is 8.10. The normalized spacial score (nSPS) is 17.7. The van der Waals surface area contributed by atoms with Crippen molar-refractivity contribution >= 4 is 11.9 Å². The molecule has 0 aromatic carbocycles. The molecular formula is C22H27F3N4O4. The summed E-state index contributed by atoms with van der Waals surface area (Å²) in [7, 11) is 0. The lowest BCUT2D eigenvalue weighted by molar-refractivity contribution is -0.192. The Hall–Kier alpha value is -2.95. The minimum atomic E-state index is -5.08. The van der Waals surface area contributed by atoms with Gasteiger partial charge in [-0.1, -0.05) is 0 Å². The Morgan fingerprint density at radius 1 is 1.24 bits per heavy atom. The molecule has 0 radical (unpaired) electrons. The molecule has 1 saturated carbocycles. The number of hydrogen-bond donors (Lipinski definition) is 1. The molecule has 33 heavy (non-hydrogen) atoms. The highest BCUT2D eigenvalue weighted by Gasteiger charge is 2.38.